The van der Waals surface area contributed by atoms with Crippen LogP contribution in [0, 0.1) is 0 Å². The molecule has 0 aromatic carbocycles. The first-order chi connectivity index (χ1) is 7.79. The topological polar surface area (TPSA) is 30.7 Å². The van der Waals surface area contributed by atoms with E-state index in [1.54, 1.807) is 0 Å². The maximum atomic E-state index is 5.95. The third-order valence-electron chi connectivity index (χ3n) is 3.13. The van der Waals surface area contributed by atoms with Gasteiger partial charge in [-0.15, -0.1) is 11.6 Å². The molecule has 0 spiro atoms. The normalized spacial score (nSPS) is 16.6. The smallest absolute Gasteiger partial charge is 0.160 e. The predicted molar refractivity (Wildman–Crippen MR) is 67.7 cm³/mol. The van der Waals surface area contributed by atoms with E-state index in [0.29, 0.717) is 11.9 Å². The molecule has 0 saturated heterocycles. The zero-order valence-corrected chi connectivity index (χ0v) is 11.0. The van der Waals surface area contributed by atoms with Crippen molar-refractivity contribution < 1.29 is 0 Å². The van der Waals surface area contributed by atoms with Crippen molar-refractivity contribution in [2.45, 2.75) is 31.2 Å². The zero-order valence-electron chi connectivity index (χ0n) is 8.66. The fraction of sp³-hybridized carbons (Fsp3) is 0.455. The van der Waals surface area contributed by atoms with Crippen LogP contribution in [-0.2, 0) is 5.88 Å². The van der Waals surface area contributed by atoms with Crippen molar-refractivity contribution >= 4 is 38.7 Å². The van der Waals surface area contributed by atoms with Gasteiger partial charge in [0.25, 0.3) is 0 Å². The van der Waals surface area contributed by atoms with Gasteiger partial charge >= 0.3 is 0 Å². The van der Waals surface area contributed by atoms with E-state index >= 15 is 0 Å². The molecule has 2 aromatic heterocycles. The monoisotopic (exact) mass is 299 g/mol. The van der Waals surface area contributed by atoms with Crippen LogP contribution in [0.15, 0.2) is 16.7 Å². The number of hydrogen-bond acceptors (Lipinski definition) is 2. The van der Waals surface area contributed by atoms with Crippen molar-refractivity contribution in [1.29, 1.82) is 0 Å². The van der Waals surface area contributed by atoms with Gasteiger partial charge in [-0.2, -0.15) is 0 Å². The van der Waals surface area contributed by atoms with E-state index in [-0.39, 0.29) is 0 Å². The van der Waals surface area contributed by atoms with E-state index in [0.717, 1.165) is 21.5 Å². The van der Waals surface area contributed by atoms with Gasteiger partial charge in [0.15, 0.2) is 5.65 Å². The van der Waals surface area contributed by atoms with E-state index in [1.807, 2.05) is 12.3 Å². The average molecular weight is 301 g/mol. The molecule has 5 heteroatoms. The van der Waals surface area contributed by atoms with Crippen molar-refractivity contribution in [2.24, 2.45) is 0 Å². The Kier molecular flexibility index (Phi) is 2.64. The Morgan fingerprint density at radius 3 is 2.94 bits per heavy atom. The van der Waals surface area contributed by atoms with Gasteiger partial charge in [0.05, 0.1) is 5.88 Å². The summed E-state index contributed by atoms with van der Waals surface area (Å²) in [4.78, 5) is 8.98. The third-order valence-corrected chi connectivity index (χ3v) is 3.80. The van der Waals surface area contributed by atoms with Crippen LogP contribution in [0.4, 0.5) is 0 Å². The molecule has 0 aliphatic heterocycles. The number of imidazole rings is 1. The molecule has 2 heterocycles. The molecule has 0 radical (unpaired) electrons. The van der Waals surface area contributed by atoms with Gasteiger partial charge in [-0.25, -0.2) is 9.97 Å². The summed E-state index contributed by atoms with van der Waals surface area (Å²) in [6.45, 7) is 0. The molecule has 1 saturated carbocycles. The van der Waals surface area contributed by atoms with Gasteiger partial charge in [-0.1, -0.05) is 0 Å². The first-order valence-electron chi connectivity index (χ1n) is 5.38. The van der Waals surface area contributed by atoms with Gasteiger partial charge in [-0.05, 0) is 41.3 Å². The number of pyridine rings is 1. The van der Waals surface area contributed by atoms with E-state index < -0.39 is 0 Å². The highest BCUT2D eigenvalue weighted by molar-refractivity contribution is 9.10. The van der Waals surface area contributed by atoms with E-state index in [4.69, 9.17) is 11.6 Å². The summed E-state index contributed by atoms with van der Waals surface area (Å²) >= 11 is 9.36. The molecule has 3 rings (SSSR count). The second kappa shape index (κ2) is 4.00. The van der Waals surface area contributed by atoms with Gasteiger partial charge < -0.3 is 4.57 Å². The van der Waals surface area contributed by atoms with E-state index in [9.17, 15) is 0 Å². The molecule has 1 fully saturated rings. The Labute approximate surface area is 107 Å². The van der Waals surface area contributed by atoms with Crippen molar-refractivity contribution in [3.63, 3.8) is 0 Å². The number of hydrogen-bond donors (Lipinski definition) is 0. The Bertz CT molecular complexity index is 533. The SMILES string of the molecule is ClCc1nc2cc(Br)cnc2n1C1CCC1. The van der Waals surface area contributed by atoms with Gasteiger partial charge in [-0.3, -0.25) is 0 Å². The summed E-state index contributed by atoms with van der Waals surface area (Å²) in [5.74, 6) is 1.39. The molecule has 2 aromatic rings. The third kappa shape index (κ3) is 1.55. The number of rotatable bonds is 2. The van der Waals surface area contributed by atoms with Crippen LogP contribution in [-0.4, -0.2) is 14.5 Å². The molecule has 0 bridgehead atoms. The molecule has 0 unspecified atom stereocenters. The summed E-state index contributed by atoms with van der Waals surface area (Å²) in [5, 5.41) is 0. The number of nitrogens with zero attached hydrogens (tertiary/aromatic N) is 3. The highest BCUT2D eigenvalue weighted by Crippen LogP contribution is 2.35. The number of halogens is 2. The molecule has 3 nitrogen and oxygen atoms in total. The molecule has 0 amide bonds. The number of aromatic nitrogens is 3. The lowest BCUT2D eigenvalue weighted by Gasteiger charge is -2.28. The average Bonchev–Trinajstić information content (AvgIpc) is 2.54. The second-order valence-corrected chi connectivity index (χ2v) is 5.30. The van der Waals surface area contributed by atoms with Crippen molar-refractivity contribution in [2.75, 3.05) is 0 Å². The Morgan fingerprint density at radius 1 is 1.50 bits per heavy atom. The lowest BCUT2D eigenvalue weighted by atomic mass is 9.93. The van der Waals surface area contributed by atoms with Crippen molar-refractivity contribution in [1.82, 2.24) is 14.5 Å². The van der Waals surface area contributed by atoms with Crippen LogP contribution in [0.2, 0.25) is 0 Å². The minimum atomic E-state index is 0.449. The van der Waals surface area contributed by atoms with Crippen molar-refractivity contribution in [3.05, 3.63) is 22.6 Å². The van der Waals surface area contributed by atoms with Crippen LogP contribution in [0.5, 0.6) is 0 Å². The highest BCUT2D eigenvalue weighted by atomic mass is 79.9. The van der Waals surface area contributed by atoms with Gasteiger partial charge in [0.1, 0.15) is 11.3 Å². The summed E-state index contributed by atoms with van der Waals surface area (Å²) in [7, 11) is 0. The van der Waals surface area contributed by atoms with Crippen LogP contribution in [0.1, 0.15) is 31.1 Å². The van der Waals surface area contributed by atoms with Crippen LogP contribution in [0.25, 0.3) is 11.2 Å². The van der Waals surface area contributed by atoms with Crippen LogP contribution in [0.3, 0.4) is 0 Å². The minimum absolute atomic E-state index is 0.449. The highest BCUT2D eigenvalue weighted by Gasteiger charge is 2.24. The van der Waals surface area contributed by atoms with Crippen LogP contribution < -0.4 is 0 Å². The van der Waals surface area contributed by atoms with Gasteiger partial charge in [0, 0.05) is 16.7 Å². The quantitative estimate of drug-likeness (QED) is 0.793. The minimum Gasteiger partial charge on any atom is -0.309 e. The molecule has 0 atom stereocenters. The maximum Gasteiger partial charge on any atom is 0.160 e. The summed E-state index contributed by atoms with van der Waals surface area (Å²) in [5.41, 5.74) is 1.89. The first kappa shape index (κ1) is 10.5. The second-order valence-electron chi connectivity index (χ2n) is 4.11. The Balaban J connectivity index is 2.22. The standard InChI is InChI=1S/C11H11BrClN3/c12-7-4-9-11(14-6-7)16(8-2-1-3-8)10(5-13)15-9/h4,6,8H,1-3,5H2. The lowest BCUT2D eigenvalue weighted by molar-refractivity contribution is 0.314. The molecule has 1 aliphatic rings. The molecule has 0 N–H and O–H groups in total. The molecule has 1 aliphatic carbocycles. The Hall–Kier alpha value is -0.610. The largest absolute Gasteiger partial charge is 0.309 e. The lowest BCUT2D eigenvalue weighted by Crippen LogP contribution is -2.19. The zero-order chi connectivity index (χ0) is 11.1. The number of alkyl halides is 1. The summed E-state index contributed by atoms with van der Waals surface area (Å²) in [6, 6.07) is 2.54. The molecule has 84 valence electrons. The summed E-state index contributed by atoms with van der Waals surface area (Å²) < 4.78 is 3.16. The van der Waals surface area contributed by atoms with E-state index in [1.165, 1.54) is 19.3 Å². The molecular weight excluding hydrogens is 289 g/mol. The van der Waals surface area contributed by atoms with Crippen LogP contribution >= 0.6 is 27.5 Å². The molecular formula is C11H11BrClN3. The fourth-order valence-corrected chi connectivity index (χ4v) is 2.63. The predicted octanol–water partition coefficient (Wildman–Crippen LogP) is 3.66. The summed E-state index contributed by atoms with van der Waals surface area (Å²) in [6.07, 6.45) is 5.54. The van der Waals surface area contributed by atoms with Crippen molar-refractivity contribution in [3.8, 4) is 0 Å². The molecule has 16 heavy (non-hydrogen) atoms. The van der Waals surface area contributed by atoms with Gasteiger partial charge in [0.2, 0.25) is 0 Å². The number of fused-ring (bicyclic) bond motifs is 1. The first-order valence-corrected chi connectivity index (χ1v) is 6.70. The maximum absolute atomic E-state index is 5.95. The fourth-order valence-electron chi connectivity index (χ4n) is 2.13. The Morgan fingerprint density at radius 2 is 2.31 bits per heavy atom. The van der Waals surface area contributed by atoms with E-state index in [2.05, 4.69) is 30.5 Å².